The predicted molar refractivity (Wildman–Crippen MR) is 111 cm³/mol. The standard InChI is InChI=1S/C21H26ClN3O2/c1-4-15-7-6-8-16(5-2)21(15)24-20(27)14-25(3)13-19(26)23-18-11-9-17(22)10-12-18/h6-12H,4-5,13-14H2,1-3H3,(H,23,26)(H,24,27)/p+1. The quantitative estimate of drug-likeness (QED) is 0.650. The van der Waals surface area contributed by atoms with Crippen molar-refractivity contribution in [2.45, 2.75) is 26.7 Å². The van der Waals surface area contributed by atoms with Crippen LogP contribution in [-0.4, -0.2) is 32.0 Å². The molecule has 6 heteroatoms. The van der Waals surface area contributed by atoms with Crippen molar-refractivity contribution in [3.63, 3.8) is 0 Å². The van der Waals surface area contributed by atoms with E-state index in [1.807, 2.05) is 25.2 Å². The summed E-state index contributed by atoms with van der Waals surface area (Å²) < 4.78 is 0. The van der Waals surface area contributed by atoms with E-state index in [-0.39, 0.29) is 24.9 Å². The van der Waals surface area contributed by atoms with Gasteiger partial charge in [0.1, 0.15) is 0 Å². The van der Waals surface area contributed by atoms with Crippen LogP contribution in [0.5, 0.6) is 0 Å². The van der Waals surface area contributed by atoms with Crippen molar-refractivity contribution in [3.8, 4) is 0 Å². The van der Waals surface area contributed by atoms with Crippen molar-refractivity contribution in [1.29, 1.82) is 0 Å². The molecule has 0 aromatic heterocycles. The van der Waals surface area contributed by atoms with Crippen LogP contribution < -0.4 is 15.5 Å². The van der Waals surface area contributed by atoms with Crippen LogP contribution in [0.25, 0.3) is 0 Å². The molecule has 2 aromatic rings. The molecule has 0 bridgehead atoms. The summed E-state index contributed by atoms with van der Waals surface area (Å²) in [7, 11) is 1.83. The molecule has 0 aliphatic rings. The van der Waals surface area contributed by atoms with Crippen LogP contribution in [0.1, 0.15) is 25.0 Å². The summed E-state index contributed by atoms with van der Waals surface area (Å²) in [5.41, 5.74) is 3.85. The maximum absolute atomic E-state index is 12.5. The Morgan fingerprint density at radius 2 is 1.41 bits per heavy atom. The number of halogens is 1. The van der Waals surface area contributed by atoms with E-state index >= 15 is 0 Å². The fourth-order valence-corrected chi connectivity index (χ4v) is 3.06. The number of rotatable bonds is 8. The Labute approximate surface area is 165 Å². The molecule has 5 nitrogen and oxygen atoms in total. The van der Waals surface area contributed by atoms with Gasteiger partial charge >= 0.3 is 0 Å². The minimum Gasteiger partial charge on any atom is -0.322 e. The van der Waals surface area contributed by atoms with Crippen molar-refractivity contribution >= 4 is 34.8 Å². The van der Waals surface area contributed by atoms with Gasteiger partial charge in [0.15, 0.2) is 13.1 Å². The molecule has 0 saturated heterocycles. The molecule has 144 valence electrons. The molecule has 1 atom stereocenters. The summed E-state index contributed by atoms with van der Waals surface area (Å²) in [5, 5.41) is 6.46. The third-order valence-corrected chi connectivity index (χ3v) is 4.57. The first-order valence-electron chi connectivity index (χ1n) is 9.20. The number of carbonyl (C=O) groups is 2. The number of hydrogen-bond donors (Lipinski definition) is 3. The van der Waals surface area contributed by atoms with Crippen LogP contribution in [0.4, 0.5) is 11.4 Å². The molecule has 0 fully saturated rings. The van der Waals surface area contributed by atoms with Crippen molar-refractivity contribution in [1.82, 2.24) is 0 Å². The van der Waals surface area contributed by atoms with Gasteiger partial charge in [-0.3, -0.25) is 9.59 Å². The number of aryl methyl sites for hydroxylation is 2. The molecule has 0 aliphatic carbocycles. The summed E-state index contributed by atoms with van der Waals surface area (Å²) in [6.45, 7) is 4.56. The van der Waals surface area contributed by atoms with E-state index in [4.69, 9.17) is 11.6 Å². The molecule has 0 saturated carbocycles. The van der Waals surface area contributed by atoms with Gasteiger partial charge in [-0.1, -0.05) is 43.6 Å². The first-order valence-corrected chi connectivity index (χ1v) is 9.58. The van der Waals surface area contributed by atoms with Crippen molar-refractivity contribution in [3.05, 3.63) is 58.6 Å². The number of quaternary nitrogens is 1. The van der Waals surface area contributed by atoms with E-state index in [9.17, 15) is 9.59 Å². The van der Waals surface area contributed by atoms with Gasteiger partial charge < -0.3 is 15.5 Å². The number of para-hydroxylation sites is 1. The number of carbonyl (C=O) groups excluding carboxylic acids is 2. The summed E-state index contributed by atoms with van der Waals surface area (Å²) >= 11 is 5.84. The maximum atomic E-state index is 12.5. The monoisotopic (exact) mass is 388 g/mol. The first kappa shape index (κ1) is 20.9. The number of likely N-dealkylation sites (N-methyl/N-ethyl adjacent to an activating group) is 1. The van der Waals surface area contributed by atoms with Gasteiger partial charge in [0.2, 0.25) is 0 Å². The van der Waals surface area contributed by atoms with Gasteiger partial charge in [-0.05, 0) is 48.2 Å². The number of hydrogen-bond acceptors (Lipinski definition) is 2. The van der Waals surface area contributed by atoms with Crippen LogP contribution in [0, 0.1) is 0 Å². The van der Waals surface area contributed by atoms with E-state index in [0.29, 0.717) is 10.7 Å². The average molecular weight is 389 g/mol. The summed E-state index contributed by atoms with van der Waals surface area (Å²) in [4.78, 5) is 25.4. The smallest absolute Gasteiger partial charge is 0.279 e. The van der Waals surface area contributed by atoms with Crippen LogP contribution in [0.15, 0.2) is 42.5 Å². The topological polar surface area (TPSA) is 62.6 Å². The second-order valence-corrected chi connectivity index (χ2v) is 7.01. The molecule has 0 aliphatic heterocycles. The highest BCUT2D eigenvalue weighted by Crippen LogP contribution is 2.22. The van der Waals surface area contributed by atoms with Gasteiger partial charge in [-0.2, -0.15) is 0 Å². The Morgan fingerprint density at radius 3 is 1.93 bits per heavy atom. The highest BCUT2D eigenvalue weighted by molar-refractivity contribution is 6.30. The zero-order valence-corrected chi connectivity index (χ0v) is 16.8. The van der Waals surface area contributed by atoms with E-state index in [1.54, 1.807) is 24.3 Å². The lowest BCUT2D eigenvalue weighted by Gasteiger charge is -2.17. The highest BCUT2D eigenvalue weighted by Gasteiger charge is 2.16. The maximum Gasteiger partial charge on any atom is 0.279 e. The Balaban J connectivity index is 1.90. The van der Waals surface area contributed by atoms with E-state index < -0.39 is 0 Å². The van der Waals surface area contributed by atoms with Gasteiger partial charge in [-0.25, -0.2) is 0 Å². The molecule has 1 unspecified atom stereocenters. The lowest BCUT2D eigenvalue weighted by molar-refractivity contribution is -0.862. The molecule has 2 rings (SSSR count). The van der Waals surface area contributed by atoms with Gasteiger partial charge in [-0.15, -0.1) is 0 Å². The molecule has 0 spiro atoms. The van der Waals surface area contributed by atoms with Crippen molar-refractivity contribution in [2.75, 3.05) is 30.8 Å². The fourth-order valence-electron chi connectivity index (χ4n) is 2.94. The lowest BCUT2D eigenvalue weighted by atomic mass is 10.0. The van der Waals surface area contributed by atoms with E-state index in [0.717, 1.165) is 34.6 Å². The van der Waals surface area contributed by atoms with Crippen LogP contribution in [0.3, 0.4) is 0 Å². The van der Waals surface area contributed by atoms with Crippen molar-refractivity contribution in [2.24, 2.45) is 0 Å². The number of amides is 2. The molecule has 0 radical (unpaired) electrons. The highest BCUT2D eigenvalue weighted by atomic mass is 35.5. The Hall–Kier alpha value is -2.37. The summed E-state index contributed by atoms with van der Waals surface area (Å²) in [5.74, 6) is -0.242. The fraction of sp³-hybridized carbons (Fsp3) is 0.333. The molecule has 27 heavy (non-hydrogen) atoms. The lowest BCUT2D eigenvalue weighted by Crippen LogP contribution is -3.11. The number of benzene rings is 2. The van der Waals surface area contributed by atoms with Crippen LogP contribution in [0.2, 0.25) is 5.02 Å². The minimum atomic E-state index is -0.147. The van der Waals surface area contributed by atoms with Gasteiger partial charge in [0, 0.05) is 16.4 Å². The van der Waals surface area contributed by atoms with Crippen LogP contribution in [-0.2, 0) is 22.4 Å². The zero-order valence-electron chi connectivity index (χ0n) is 16.1. The molecule has 2 amide bonds. The van der Waals surface area contributed by atoms with Crippen molar-refractivity contribution < 1.29 is 14.5 Å². The minimum absolute atomic E-state index is 0.0950. The Morgan fingerprint density at radius 1 is 0.889 bits per heavy atom. The molecular formula is C21H27ClN3O2+. The first-order chi connectivity index (χ1) is 12.9. The zero-order chi connectivity index (χ0) is 19.8. The second kappa shape index (κ2) is 10.1. The molecular weight excluding hydrogens is 362 g/mol. The average Bonchev–Trinajstić information content (AvgIpc) is 2.63. The second-order valence-electron chi connectivity index (χ2n) is 6.57. The van der Waals surface area contributed by atoms with E-state index in [2.05, 4.69) is 24.5 Å². The summed E-state index contributed by atoms with van der Waals surface area (Å²) in [6.07, 6.45) is 1.71. The summed E-state index contributed by atoms with van der Waals surface area (Å²) in [6, 6.07) is 13.0. The largest absolute Gasteiger partial charge is 0.322 e. The van der Waals surface area contributed by atoms with Gasteiger partial charge in [0.05, 0.1) is 7.05 Å². The third kappa shape index (κ3) is 6.38. The SMILES string of the molecule is CCc1cccc(CC)c1NC(=O)C[NH+](C)CC(=O)Nc1ccc(Cl)cc1. The third-order valence-electron chi connectivity index (χ3n) is 4.32. The number of nitrogens with one attached hydrogen (secondary N) is 3. The molecule has 0 heterocycles. The predicted octanol–water partition coefficient (Wildman–Crippen LogP) is 2.56. The molecule has 3 N–H and O–H groups in total. The number of anilines is 2. The normalized spacial score (nSPS) is 11.7. The molecule has 2 aromatic carbocycles. The van der Waals surface area contributed by atoms with Gasteiger partial charge in [0.25, 0.3) is 11.8 Å². The van der Waals surface area contributed by atoms with Crippen LogP contribution >= 0.6 is 11.6 Å². The Kier molecular flexibility index (Phi) is 7.82. The Bertz CT molecular complexity index is 768. The van der Waals surface area contributed by atoms with E-state index in [1.165, 1.54) is 0 Å².